The number of hydrogen-bond acceptors (Lipinski definition) is 3. The van der Waals surface area contributed by atoms with Crippen molar-refractivity contribution in [3.05, 3.63) is 25.3 Å². The third-order valence-corrected chi connectivity index (χ3v) is 1.09. The van der Waals surface area contributed by atoms with Crippen molar-refractivity contribution in [1.29, 1.82) is 0 Å². The highest BCUT2D eigenvalue weighted by molar-refractivity contribution is 5.85. The highest BCUT2D eigenvalue weighted by Gasteiger charge is 2.42. The maximum atomic E-state index is 12.0. The first-order chi connectivity index (χ1) is 7.67. The molecular weight excluding hydrogens is 246 g/mol. The second kappa shape index (κ2) is 8.31. The van der Waals surface area contributed by atoms with Crippen LogP contribution in [-0.2, 0) is 14.3 Å². The van der Waals surface area contributed by atoms with Crippen LogP contribution in [0.3, 0.4) is 0 Å². The molecule has 0 aliphatic rings. The highest BCUT2D eigenvalue weighted by Crippen LogP contribution is 2.22. The van der Waals surface area contributed by atoms with E-state index in [0.29, 0.717) is 6.08 Å². The lowest BCUT2D eigenvalue weighted by Crippen LogP contribution is -2.33. The summed E-state index contributed by atoms with van der Waals surface area (Å²) >= 11 is 0. The minimum atomic E-state index is -4.29. The van der Waals surface area contributed by atoms with E-state index in [1.165, 1.54) is 0 Å². The van der Waals surface area contributed by atoms with Crippen LogP contribution in [0.25, 0.3) is 0 Å². The lowest BCUT2D eigenvalue weighted by molar-refractivity contribution is -0.175. The first kappa shape index (κ1) is 17.5. The lowest BCUT2D eigenvalue weighted by Gasteiger charge is -2.13. The molecule has 0 spiro atoms. The van der Waals surface area contributed by atoms with E-state index >= 15 is 0 Å². The van der Waals surface area contributed by atoms with Crippen LogP contribution in [0.1, 0.15) is 0 Å². The molecule has 0 aromatic heterocycles. The van der Waals surface area contributed by atoms with Gasteiger partial charge in [-0.05, 0) is 6.08 Å². The van der Waals surface area contributed by atoms with Gasteiger partial charge in [0.15, 0.2) is 6.61 Å². The number of nitrogens with two attached hydrogens (primary N) is 1. The number of carbonyl (C=O) groups excluding carboxylic acids is 2. The summed E-state index contributed by atoms with van der Waals surface area (Å²) < 4.78 is 50.5. The van der Waals surface area contributed by atoms with Crippen LogP contribution < -0.4 is 5.73 Å². The van der Waals surface area contributed by atoms with Crippen LogP contribution in [0.2, 0.25) is 0 Å². The fourth-order valence-corrected chi connectivity index (χ4v) is 0.289. The number of rotatable bonds is 5. The van der Waals surface area contributed by atoms with Crippen molar-refractivity contribution in [2.75, 3.05) is 6.61 Å². The number of carbonyl (C=O) groups is 2. The Morgan fingerprint density at radius 3 is 1.94 bits per heavy atom. The van der Waals surface area contributed by atoms with Gasteiger partial charge in [-0.2, -0.15) is 8.78 Å². The van der Waals surface area contributed by atoms with Crippen LogP contribution in [0.15, 0.2) is 25.3 Å². The molecule has 0 saturated heterocycles. The summed E-state index contributed by atoms with van der Waals surface area (Å²) in [6, 6.07) is 0. The van der Waals surface area contributed by atoms with E-state index < -0.39 is 30.8 Å². The number of ether oxygens (including phenoxy) is 1. The Bertz CT molecular complexity index is 292. The maximum absolute atomic E-state index is 12.0. The van der Waals surface area contributed by atoms with Crippen molar-refractivity contribution in [2.24, 2.45) is 5.73 Å². The van der Waals surface area contributed by atoms with Crippen molar-refractivity contribution in [3.63, 3.8) is 0 Å². The summed E-state index contributed by atoms with van der Waals surface area (Å²) in [5.74, 6) is -5.93. The quantitative estimate of drug-likeness (QED) is 0.458. The largest absolute Gasteiger partial charge is 0.456 e. The zero-order valence-electron chi connectivity index (χ0n) is 8.67. The molecule has 1 amide bonds. The van der Waals surface area contributed by atoms with E-state index in [1.54, 1.807) is 0 Å². The molecule has 0 saturated carbocycles. The van der Waals surface area contributed by atoms with Crippen molar-refractivity contribution in [3.8, 4) is 0 Å². The Labute approximate surface area is 94.7 Å². The van der Waals surface area contributed by atoms with Gasteiger partial charge in [0.25, 0.3) is 0 Å². The molecule has 0 radical (unpaired) electrons. The molecule has 17 heavy (non-hydrogen) atoms. The predicted molar refractivity (Wildman–Crippen MR) is 51.5 cm³/mol. The Morgan fingerprint density at radius 2 is 1.71 bits per heavy atom. The second-order valence-corrected chi connectivity index (χ2v) is 2.48. The number of primary amides is 1. The van der Waals surface area contributed by atoms with Crippen LogP contribution in [0, 0.1) is 0 Å². The monoisotopic (exact) mass is 257 g/mol. The SMILES string of the molecule is C=CC(=O)OCC(F)(F)C(F)F.C=CC(N)=O. The average Bonchev–Trinajstić information content (AvgIpc) is 2.26. The molecule has 4 nitrogen and oxygen atoms in total. The molecule has 98 valence electrons. The van der Waals surface area contributed by atoms with E-state index in [2.05, 4.69) is 23.6 Å². The third-order valence-electron chi connectivity index (χ3n) is 1.09. The molecule has 2 N–H and O–H groups in total. The molecule has 0 rings (SSSR count). The van der Waals surface area contributed by atoms with E-state index in [0.717, 1.165) is 6.08 Å². The molecule has 0 aliphatic heterocycles. The van der Waals surface area contributed by atoms with E-state index in [4.69, 9.17) is 0 Å². The molecule has 0 fully saturated rings. The zero-order valence-corrected chi connectivity index (χ0v) is 8.67. The Kier molecular flexibility index (Phi) is 8.57. The third kappa shape index (κ3) is 10.4. The van der Waals surface area contributed by atoms with Crippen molar-refractivity contribution in [2.45, 2.75) is 12.3 Å². The summed E-state index contributed by atoms with van der Waals surface area (Å²) in [5.41, 5.74) is 4.53. The fraction of sp³-hybridized carbons (Fsp3) is 0.333. The Balaban J connectivity index is 0. The zero-order chi connectivity index (χ0) is 14.1. The molecule has 0 unspecified atom stereocenters. The minimum absolute atomic E-state index is 0.481. The molecule has 8 heteroatoms. The van der Waals surface area contributed by atoms with Gasteiger partial charge in [-0.15, -0.1) is 0 Å². The van der Waals surface area contributed by atoms with E-state index in [1.807, 2.05) is 0 Å². The Hall–Kier alpha value is -1.86. The highest BCUT2D eigenvalue weighted by atomic mass is 19.3. The summed E-state index contributed by atoms with van der Waals surface area (Å²) in [4.78, 5) is 19.6. The predicted octanol–water partition coefficient (Wildman–Crippen LogP) is 1.27. The van der Waals surface area contributed by atoms with Gasteiger partial charge < -0.3 is 10.5 Å². The number of alkyl halides is 4. The van der Waals surface area contributed by atoms with Gasteiger partial charge >= 0.3 is 18.3 Å². The summed E-state index contributed by atoms with van der Waals surface area (Å²) in [6.07, 6.45) is -2.17. The fourth-order valence-electron chi connectivity index (χ4n) is 0.289. The van der Waals surface area contributed by atoms with Gasteiger partial charge in [0.1, 0.15) is 0 Å². The van der Waals surface area contributed by atoms with Gasteiger partial charge in [0.2, 0.25) is 5.91 Å². The normalized spacial score (nSPS) is 9.94. The van der Waals surface area contributed by atoms with Crippen LogP contribution >= 0.6 is 0 Å². The molecule has 0 aliphatic carbocycles. The first-order valence-corrected chi connectivity index (χ1v) is 4.04. The Morgan fingerprint density at radius 1 is 1.29 bits per heavy atom. The van der Waals surface area contributed by atoms with Crippen molar-refractivity contribution >= 4 is 11.9 Å². The van der Waals surface area contributed by atoms with Crippen LogP contribution in [-0.4, -0.2) is 30.8 Å². The van der Waals surface area contributed by atoms with Gasteiger partial charge in [0.05, 0.1) is 0 Å². The van der Waals surface area contributed by atoms with Crippen LogP contribution in [0.5, 0.6) is 0 Å². The molecular formula is C9H11F4NO3. The number of halogens is 4. The van der Waals surface area contributed by atoms with E-state index in [-0.39, 0.29) is 0 Å². The molecule has 0 atom stereocenters. The van der Waals surface area contributed by atoms with Crippen LogP contribution in [0.4, 0.5) is 17.6 Å². The van der Waals surface area contributed by atoms with Crippen molar-refractivity contribution < 1.29 is 31.9 Å². The molecule has 0 aromatic rings. The average molecular weight is 257 g/mol. The number of esters is 1. The van der Waals surface area contributed by atoms with Gasteiger partial charge in [-0.3, -0.25) is 4.79 Å². The van der Waals surface area contributed by atoms with Gasteiger partial charge in [0, 0.05) is 6.08 Å². The topological polar surface area (TPSA) is 69.4 Å². The summed E-state index contributed by atoms with van der Waals surface area (Å²) in [5, 5.41) is 0. The molecule has 0 heterocycles. The first-order valence-electron chi connectivity index (χ1n) is 4.04. The van der Waals surface area contributed by atoms with Gasteiger partial charge in [-0.25, -0.2) is 13.6 Å². The smallest absolute Gasteiger partial charge is 0.340 e. The minimum Gasteiger partial charge on any atom is -0.456 e. The van der Waals surface area contributed by atoms with Gasteiger partial charge in [-0.1, -0.05) is 13.2 Å². The summed E-state index contributed by atoms with van der Waals surface area (Å²) in [6.45, 7) is 4.36. The number of hydrogen-bond donors (Lipinski definition) is 1. The number of amides is 1. The molecule has 0 aromatic carbocycles. The maximum Gasteiger partial charge on any atom is 0.340 e. The second-order valence-electron chi connectivity index (χ2n) is 2.48. The van der Waals surface area contributed by atoms with Crippen molar-refractivity contribution in [1.82, 2.24) is 0 Å². The van der Waals surface area contributed by atoms with E-state index in [9.17, 15) is 27.2 Å². The lowest BCUT2D eigenvalue weighted by atomic mass is 10.4. The standard InChI is InChI=1S/C6H6F4O2.C3H5NO/c1-2-4(11)12-3-6(9,10)5(7)8;1-2-3(4)5/h2,5H,1,3H2;2H,1H2,(H2,4,5). The summed E-state index contributed by atoms with van der Waals surface area (Å²) in [7, 11) is 0. The molecule has 0 bridgehead atoms.